The Labute approximate surface area is 161 Å². The van der Waals surface area contributed by atoms with E-state index in [9.17, 15) is 17.2 Å². The van der Waals surface area contributed by atoms with Crippen LogP contribution in [0.4, 0.5) is 14.6 Å². The molecule has 1 aliphatic rings. The van der Waals surface area contributed by atoms with Gasteiger partial charge in [0.05, 0.1) is 16.8 Å². The number of hydrogen-bond acceptors (Lipinski definition) is 5. The van der Waals surface area contributed by atoms with Crippen molar-refractivity contribution in [2.75, 3.05) is 5.73 Å². The molecule has 0 amide bonds. The first-order valence-corrected chi connectivity index (χ1v) is 10.2. The Kier molecular flexibility index (Phi) is 5.38. The van der Waals surface area contributed by atoms with Crippen LogP contribution < -0.4 is 10.5 Å². The van der Waals surface area contributed by atoms with Crippen molar-refractivity contribution in [1.82, 2.24) is 14.7 Å². The molecular weight excluding hydrogens is 398 g/mol. The van der Waals surface area contributed by atoms with E-state index in [2.05, 4.69) is 14.7 Å². The van der Waals surface area contributed by atoms with Crippen molar-refractivity contribution < 1.29 is 17.2 Å². The maximum absolute atomic E-state index is 13.3. The number of sulfonamides is 1. The first kappa shape index (κ1) is 19.9. The van der Waals surface area contributed by atoms with Gasteiger partial charge in [-0.3, -0.25) is 0 Å². The van der Waals surface area contributed by atoms with E-state index in [1.807, 2.05) is 0 Å². The third-order valence-corrected chi connectivity index (χ3v) is 6.39. The van der Waals surface area contributed by atoms with Crippen molar-refractivity contribution in [3.05, 3.63) is 35.1 Å². The molecule has 10 heteroatoms. The molecule has 0 saturated heterocycles. The molecule has 0 radical (unpaired) electrons. The van der Waals surface area contributed by atoms with Gasteiger partial charge in [-0.2, -0.15) is 0 Å². The number of aromatic nitrogens is 2. The molecule has 146 valence electrons. The van der Waals surface area contributed by atoms with Crippen molar-refractivity contribution in [3.8, 4) is 11.3 Å². The smallest absolute Gasteiger partial charge is 0.248 e. The average Bonchev–Trinajstić information content (AvgIpc) is 2.59. The number of alkyl halides is 2. The summed E-state index contributed by atoms with van der Waals surface area (Å²) in [6, 6.07) is 4.06. The van der Waals surface area contributed by atoms with Gasteiger partial charge in [0, 0.05) is 24.4 Å². The van der Waals surface area contributed by atoms with E-state index in [4.69, 9.17) is 17.3 Å². The van der Waals surface area contributed by atoms with Crippen molar-refractivity contribution in [2.45, 2.75) is 49.5 Å². The van der Waals surface area contributed by atoms with Crippen LogP contribution in [0.15, 0.2) is 29.3 Å². The molecule has 1 aliphatic carbocycles. The molecule has 1 aromatic carbocycles. The van der Waals surface area contributed by atoms with Crippen molar-refractivity contribution in [1.29, 1.82) is 0 Å². The van der Waals surface area contributed by atoms with E-state index in [-0.39, 0.29) is 41.5 Å². The zero-order chi connectivity index (χ0) is 19.8. The number of anilines is 1. The summed E-state index contributed by atoms with van der Waals surface area (Å²) in [5.74, 6) is -2.64. The largest absolute Gasteiger partial charge is 0.381 e. The monoisotopic (exact) mass is 416 g/mol. The molecule has 3 N–H and O–H groups in total. The fourth-order valence-electron chi connectivity index (χ4n) is 3.00. The second-order valence-electron chi connectivity index (χ2n) is 6.66. The van der Waals surface area contributed by atoms with Gasteiger partial charge in [0.1, 0.15) is 0 Å². The minimum absolute atomic E-state index is 0.0233. The Hall–Kier alpha value is -1.84. The maximum Gasteiger partial charge on any atom is 0.248 e. The number of hydrogen-bond donors (Lipinski definition) is 2. The van der Waals surface area contributed by atoms with Gasteiger partial charge < -0.3 is 5.73 Å². The van der Waals surface area contributed by atoms with E-state index in [1.54, 1.807) is 13.0 Å². The van der Waals surface area contributed by atoms with Gasteiger partial charge >= 0.3 is 0 Å². The molecule has 1 fully saturated rings. The van der Waals surface area contributed by atoms with Crippen molar-refractivity contribution >= 4 is 27.4 Å². The molecule has 3 rings (SSSR count). The summed E-state index contributed by atoms with van der Waals surface area (Å²) >= 11 is 5.91. The fourth-order valence-corrected chi connectivity index (χ4v) is 4.47. The van der Waals surface area contributed by atoms with Crippen LogP contribution in [0, 0.1) is 6.92 Å². The Morgan fingerprint density at radius 3 is 2.59 bits per heavy atom. The lowest BCUT2D eigenvalue weighted by molar-refractivity contribution is -0.0387. The van der Waals surface area contributed by atoms with E-state index >= 15 is 0 Å². The van der Waals surface area contributed by atoms with Crippen LogP contribution in [-0.4, -0.2) is 30.4 Å². The highest BCUT2D eigenvalue weighted by Gasteiger charge is 2.36. The zero-order valence-electron chi connectivity index (χ0n) is 14.5. The van der Waals surface area contributed by atoms with Crippen LogP contribution in [-0.2, 0) is 10.0 Å². The van der Waals surface area contributed by atoms with Crippen LogP contribution in [0.5, 0.6) is 0 Å². The summed E-state index contributed by atoms with van der Waals surface area (Å²) in [6.07, 6.45) is 0.975. The normalized spacial score (nSPS) is 17.8. The van der Waals surface area contributed by atoms with Gasteiger partial charge in [0.15, 0.2) is 11.0 Å². The molecule has 1 aromatic heterocycles. The van der Waals surface area contributed by atoms with Crippen LogP contribution in [0.2, 0.25) is 5.15 Å². The van der Waals surface area contributed by atoms with Crippen molar-refractivity contribution in [3.63, 3.8) is 0 Å². The third kappa shape index (κ3) is 4.53. The highest BCUT2D eigenvalue weighted by atomic mass is 35.5. The first-order valence-electron chi connectivity index (χ1n) is 8.37. The highest BCUT2D eigenvalue weighted by Crippen LogP contribution is 2.34. The summed E-state index contributed by atoms with van der Waals surface area (Å²) < 4.78 is 54.5. The molecule has 0 spiro atoms. The van der Waals surface area contributed by atoms with Gasteiger partial charge in [-0.1, -0.05) is 17.7 Å². The summed E-state index contributed by atoms with van der Waals surface area (Å²) in [6.45, 7) is 1.80. The van der Waals surface area contributed by atoms with E-state index in [0.29, 0.717) is 11.3 Å². The molecular formula is C17H19ClF2N4O2S. The van der Waals surface area contributed by atoms with Gasteiger partial charge in [0.25, 0.3) is 0 Å². The number of rotatable bonds is 4. The van der Waals surface area contributed by atoms with E-state index in [0.717, 1.165) is 5.56 Å². The summed E-state index contributed by atoms with van der Waals surface area (Å²) in [4.78, 5) is 8.10. The van der Waals surface area contributed by atoms with Gasteiger partial charge in [-0.15, -0.1) is 0 Å². The minimum Gasteiger partial charge on any atom is -0.381 e. The van der Waals surface area contributed by atoms with Gasteiger partial charge in [-0.05, 0) is 37.5 Å². The van der Waals surface area contributed by atoms with E-state index < -0.39 is 22.0 Å². The van der Waals surface area contributed by atoms with Crippen molar-refractivity contribution in [2.24, 2.45) is 0 Å². The molecule has 1 heterocycles. The second-order valence-corrected chi connectivity index (χ2v) is 8.73. The van der Waals surface area contributed by atoms with E-state index in [1.165, 1.54) is 18.3 Å². The number of nitrogen functional groups attached to an aromatic ring is 1. The molecule has 1 saturated carbocycles. The minimum atomic E-state index is -3.86. The quantitative estimate of drug-likeness (QED) is 0.794. The molecule has 0 atom stereocenters. The number of halogens is 3. The second kappa shape index (κ2) is 7.29. The average molecular weight is 417 g/mol. The molecule has 0 bridgehead atoms. The molecule has 6 nitrogen and oxygen atoms in total. The molecule has 0 unspecified atom stereocenters. The SMILES string of the molecule is Cc1ccc(S(=O)(=O)NC2CCC(F)(F)CC2)cc1-c1cnc(N)c(Cl)n1. The van der Waals surface area contributed by atoms with Gasteiger partial charge in [-0.25, -0.2) is 31.9 Å². The number of nitrogens with zero attached hydrogens (tertiary/aromatic N) is 2. The zero-order valence-corrected chi connectivity index (χ0v) is 16.1. The lowest BCUT2D eigenvalue weighted by Gasteiger charge is -2.28. The molecule has 27 heavy (non-hydrogen) atoms. The standard InChI is InChI=1S/C17H19ClF2N4O2S/c1-10-2-3-12(8-13(10)14-9-22-16(21)15(18)23-14)27(25,26)24-11-4-6-17(19,20)7-5-11/h2-3,8-9,11,24H,4-7H2,1H3,(H2,21,22). The number of aryl methyl sites for hydroxylation is 1. The number of nitrogens with one attached hydrogen (secondary N) is 1. The lowest BCUT2D eigenvalue weighted by Crippen LogP contribution is -2.40. The predicted octanol–water partition coefficient (Wildman–Crippen LogP) is 3.54. The third-order valence-electron chi connectivity index (χ3n) is 4.59. The lowest BCUT2D eigenvalue weighted by atomic mass is 9.93. The number of nitrogens with two attached hydrogens (primary N) is 1. The fraction of sp³-hybridized carbons (Fsp3) is 0.412. The van der Waals surface area contributed by atoms with Crippen LogP contribution >= 0.6 is 11.6 Å². The van der Waals surface area contributed by atoms with Crippen LogP contribution in [0.25, 0.3) is 11.3 Å². The van der Waals surface area contributed by atoms with Crippen LogP contribution in [0.1, 0.15) is 31.2 Å². The van der Waals surface area contributed by atoms with Crippen LogP contribution in [0.3, 0.4) is 0 Å². The Morgan fingerprint density at radius 1 is 1.30 bits per heavy atom. The topological polar surface area (TPSA) is 98.0 Å². The predicted molar refractivity (Wildman–Crippen MR) is 99.2 cm³/mol. The first-order chi connectivity index (χ1) is 12.6. The Morgan fingerprint density at radius 2 is 1.96 bits per heavy atom. The Bertz CT molecular complexity index is 959. The summed E-state index contributed by atoms with van der Waals surface area (Å²) in [7, 11) is -3.86. The summed E-state index contributed by atoms with van der Waals surface area (Å²) in [5.41, 5.74) is 7.28. The highest BCUT2D eigenvalue weighted by molar-refractivity contribution is 7.89. The summed E-state index contributed by atoms with van der Waals surface area (Å²) in [5, 5.41) is 0.0291. The maximum atomic E-state index is 13.3. The number of benzene rings is 1. The molecule has 2 aromatic rings. The molecule has 0 aliphatic heterocycles. The Balaban J connectivity index is 1.87. The van der Waals surface area contributed by atoms with Gasteiger partial charge in [0.2, 0.25) is 15.9 Å².